The topological polar surface area (TPSA) is 86.8 Å². The van der Waals surface area contributed by atoms with Gasteiger partial charge in [0.1, 0.15) is 6.04 Å². The van der Waals surface area contributed by atoms with E-state index in [9.17, 15) is 18.0 Å². The maximum absolute atomic E-state index is 13.4. The van der Waals surface area contributed by atoms with Gasteiger partial charge in [-0.2, -0.15) is 0 Å². The Bertz CT molecular complexity index is 1210. The molecule has 1 N–H and O–H groups in total. The van der Waals surface area contributed by atoms with Crippen LogP contribution >= 0.6 is 34.8 Å². The van der Waals surface area contributed by atoms with Crippen molar-refractivity contribution in [3.8, 4) is 0 Å². The predicted molar refractivity (Wildman–Crippen MR) is 152 cm³/mol. The summed E-state index contributed by atoms with van der Waals surface area (Å²) in [6.07, 6.45) is 3.18. The van der Waals surface area contributed by atoms with Crippen LogP contribution in [-0.2, 0) is 26.2 Å². The first kappa shape index (κ1) is 31.2. The highest BCUT2D eigenvalue weighted by Crippen LogP contribution is 2.29. The third kappa shape index (κ3) is 9.06. The van der Waals surface area contributed by atoms with E-state index in [4.69, 9.17) is 34.8 Å². The summed E-state index contributed by atoms with van der Waals surface area (Å²) in [5.74, 6) is -0.533. The maximum Gasteiger partial charge on any atom is 0.242 e. The molecule has 0 heterocycles. The first-order valence-corrected chi connectivity index (χ1v) is 15.1. The number of amides is 2. The molecule has 0 fully saturated rings. The highest BCUT2D eigenvalue weighted by molar-refractivity contribution is 7.92. The second-order valence-electron chi connectivity index (χ2n) is 8.91. The van der Waals surface area contributed by atoms with E-state index in [1.807, 2.05) is 6.92 Å². The first-order chi connectivity index (χ1) is 17.4. The standard InChI is InChI=1S/C26H34Cl3N3O4S/c1-5-6-14-30-26(34)19(3)31(17-20-12-13-22(28)23(29)16-20)25(33)11-8-15-32(37(4,35)36)24-10-7-9-21(27)18(24)2/h7,9-10,12-13,16,19H,5-6,8,11,14-15,17H2,1-4H3,(H,30,34)/t19-/m1/s1. The number of carbonyl (C=O) groups excluding carboxylic acids is 2. The zero-order chi connectivity index (χ0) is 27.8. The summed E-state index contributed by atoms with van der Waals surface area (Å²) in [6.45, 7) is 6.22. The maximum atomic E-state index is 13.4. The van der Waals surface area contributed by atoms with Crippen LogP contribution in [0.15, 0.2) is 36.4 Å². The molecule has 0 bridgehead atoms. The van der Waals surface area contributed by atoms with Crippen molar-refractivity contribution in [3.05, 3.63) is 62.6 Å². The zero-order valence-electron chi connectivity index (χ0n) is 21.6. The minimum Gasteiger partial charge on any atom is -0.354 e. The van der Waals surface area contributed by atoms with Gasteiger partial charge in [-0.1, -0.05) is 60.3 Å². The Morgan fingerprint density at radius 1 is 1.03 bits per heavy atom. The Morgan fingerprint density at radius 2 is 1.73 bits per heavy atom. The molecule has 11 heteroatoms. The van der Waals surface area contributed by atoms with Crippen LogP contribution in [0.1, 0.15) is 50.7 Å². The highest BCUT2D eigenvalue weighted by Gasteiger charge is 2.27. The molecule has 7 nitrogen and oxygen atoms in total. The molecule has 0 aliphatic carbocycles. The van der Waals surface area contributed by atoms with Gasteiger partial charge in [-0.25, -0.2) is 8.42 Å². The number of benzene rings is 2. The summed E-state index contributed by atoms with van der Waals surface area (Å²) < 4.78 is 26.3. The molecule has 0 unspecified atom stereocenters. The molecule has 0 aliphatic rings. The van der Waals surface area contributed by atoms with Crippen molar-refractivity contribution in [2.24, 2.45) is 0 Å². The van der Waals surface area contributed by atoms with Crippen LogP contribution in [-0.4, -0.2) is 50.5 Å². The number of hydrogen-bond donors (Lipinski definition) is 1. The quantitative estimate of drug-likeness (QED) is 0.297. The number of halogens is 3. The van der Waals surface area contributed by atoms with E-state index in [0.717, 1.165) is 24.7 Å². The molecule has 0 spiro atoms. The molecule has 0 radical (unpaired) electrons. The minimum absolute atomic E-state index is 0.0412. The van der Waals surface area contributed by atoms with Crippen LogP contribution < -0.4 is 9.62 Å². The predicted octanol–water partition coefficient (Wildman–Crippen LogP) is 5.84. The van der Waals surface area contributed by atoms with Gasteiger partial charge < -0.3 is 10.2 Å². The fraction of sp³-hybridized carbons (Fsp3) is 0.462. The summed E-state index contributed by atoms with van der Waals surface area (Å²) in [7, 11) is -3.62. The van der Waals surface area contributed by atoms with Crippen molar-refractivity contribution in [1.82, 2.24) is 10.2 Å². The largest absolute Gasteiger partial charge is 0.354 e. The van der Waals surface area contributed by atoms with Crippen LogP contribution in [0.2, 0.25) is 15.1 Å². The number of nitrogens with one attached hydrogen (secondary N) is 1. The molecular formula is C26H34Cl3N3O4S. The Morgan fingerprint density at radius 3 is 2.35 bits per heavy atom. The van der Waals surface area contributed by atoms with Crippen LogP contribution in [0.3, 0.4) is 0 Å². The Hall–Kier alpha value is -2.00. The molecule has 2 aromatic carbocycles. The van der Waals surface area contributed by atoms with Gasteiger partial charge in [0.15, 0.2) is 0 Å². The van der Waals surface area contributed by atoms with E-state index in [-0.39, 0.29) is 37.7 Å². The third-order valence-corrected chi connectivity index (χ3v) is 8.32. The SMILES string of the molecule is CCCCNC(=O)[C@@H](C)N(Cc1ccc(Cl)c(Cl)c1)C(=O)CCCN(c1cccc(Cl)c1C)S(C)(=O)=O. The van der Waals surface area contributed by atoms with E-state index in [0.29, 0.717) is 32.9 Å². The summed E-state index contributed by atoms with van der Waals surface area (Å²) in [5.41, 5.74) is 1.83. The number of nitrogens with zero attached hydrogens (tertiary/aromatic N) is 2. The second kappa shape index (κ2) is 14.2. The van der Waals surface area contributed by atoms with Gasteiger partial charge in [0.05, 0.1) is 22.0 Å². The molecule has 2 rings (SSSR count). The van der Waals surface area contributed by atoms with Crippen LogP contribution in [0.25, 0.3) is 0 Å². The van der Waals surface area contributed by atoms with Crippen LogP contribution in [0, 0.1) is 6.92 Å². The Labute approximate surface area is 235 Å². The molecule has 0 saturated carbocycles. The van der Waals surface area contributed by atoms with Crippen LogP contribution in [0.5, 0.6) is 0 Å². The number of anilines is 1. The Kier molecular flexibility index (Phi) is 12.0. The van der Waals surface area contributed by atoms with Crippen molar-refractivity contribution in [2.75, 3.05) is 23.7 Å². The van der Waals surface area contributed by atoms with Crippen molar-refractivity contribution in [1.29, 1.82) is 0 Å². The Balaban J connectivity index is 2.21. The lowest BCUT2D eigenvalue weighted by molar-refractivity contribution is -0.140. The van der Waals surface area contributed by atoms with Gasteiger partial charge >= 0.3 is 0 Å². The average molecular weight is 591 g/mol. The van der Waals surface area contributed by atoms with E-state index in [2.05, 4.69) is 5.32 Å². The molecule has 0 aromatic heterocycles. The second-order valence-corrected chi connectivity index (χ2v) is 12.0. The van der Waals surface area contributed by atoms with E-state index in [1.165, 1.54) is 9.21 Å². The summed E-state index contributed by atoms with van der Waals surface area (Å²) >= 11 is 18.4. The molecule has 1 atom stereocenters. The fourth-order valence-electron chi connectivity index (χ4n) is 3.80. The molecule has 0 aliphatic heterocycles. The molecule has 2 aromatic rings. The molecular weight excluding hydrogens is 557 g/mol. The molecule has 0 saturated heterocycles. The van der Waals surface area contributed by atoms with Gasteiger partial charge in [-0.15, -0.1) is 0 Å². The molecule has 2 amide bonds. The van der Waals surface area contributed by atoms with Crippen molar-refractivity contribution in [2.45, 2.75) is 59.0 Å². The highest BCUT2D eigenvalue weighted by atomic mass is 35.5. The zero-order valence-corrected chi connectivity index (χ0v) is 24.6. The lowest BCUT2D eigenvalue weighted by Gasteiger charge is -2.30. The van der Waals surface area contributed by atoms with Crippen molar-refractivity contribution in [3.63, 3.8) is 0 Å². The summed E-state index contributed by atoms with van der Waals surface area (Å²) in [4.78, 5) is 27.6. The normalized spacial score (nSPS) is 12.2. The number of carbonyl (C=O) groups is 2. The molecule has 37 heavy (non-hydrogen) atoms. The number of unbranched alkanes of at least 4 members (excludes halogenated alkanes) is 1. The van der Waals surface area contributed by atoms with Crippen molar-refractivity contribution < 1.29 is 18.0 Å². The van der Waals surface area contributed by atoms with Gasteiger partial charge in [0.25, 0.3) is 0 Å². The lowest BCUT2D eigenvalue weighted by atomic mass is 10.1. The third-order valence-electron chi connectivity index (χ3n) is 5.99. The minimum atomic E-state index is -3.62. The number of rotatable bonds is 13. The van der Waals surface area contributed by atoms with E-state index < -0.39 is 16.1 Å². The van der Waals surface area contributed by atoms with Crippen molar-refractivity contribution >= 4 is 62.3 Å². The van der Waals surface area contributed by atoms with Gasteiger partial charge in [0.2, 0.25) is 21.8 Å². The lowest BCUT2D eigenvalue weighted by Crippen LogP contribution is -2.48. The molecule has 204 valence electrons. The first-order valence-electron chi connectivity index (χ1n) is 12.1. The van der Waals surface area contributed by atoms with Gasteiger partial charge in [-0.3, -0.25) is 13.9 Å². The average Bonchev–Trinajstić information content (AvgIpc) is 2.83. The van der Waals surface area contributed by atoms with Crippen LogP contribution in [0.4, 0.5) is 5.69 Å². The van der Waals surface area contributed by atoms with Gasteiger partial charge in [0, 0.05) is 31.1 Å². The summed E-state index contributed by atoms with van der Waals surface area (Å²) in [6, 6.07) is 9.39. The smallest absolute Gasteiger partial charge is 0.242 e. The number of sulfonamides is 1. The van der Waals surface area contributed by atoms with E-state index in [1.54, 1.807) is 50.2 Å². The monoisotopic (exact) mass is 589 g/mol. The number of hydrogen-bond acceptors (Lipinski definition) is 4. The van der Waals surface area contributed by atoms with E-state index >= 15 is 0 Å². The summed E-state index contributed by atoms with van der Waals surface area (Å²) in [5, 5.41) is 4.08. The fourth-order valence-corrected chi connectivity index (χ4v) is 5.31. The van der Waals surface area contributed by atoms with Gasteiger partial charge in [-0.05, 0) is 62.1 Å².